The molecule has 0 unspecified atom stereocenters. The summed E-state index contributed by atoms with van der Waals surface area (Å²) < 4.78 is 41.8. The van der Waals surface area contributed by atoms with Crippen LogP contribution in [-0.2, 0) is 11.0 Å². The molecular weight excluding hydrogens is 585 g/mol. The van der Waals surface area contributed by atoms with Crippen LogP contribution in [0.2, 0.25) is 5.02 Å². The van der Waals surface area contributed by atoms with Gasteiger partial charge in [0.05, 0.1) is 27.4 Å². The lowest BCUT2D eigenvalue weighted by molar-refractivity contribution is -0.138. The molecule has 196 valence electrons. The fraction of sp³-hybridized carbons (Fsp3) is 0.179. The van der Waals surface area contributed by atoms with Crippen molar-refractivity contribution in [2.75, 3.05) is 6.54 Å². The Bertz CT molecular complexity index is 1500. The van der Waals surface area contributed by atoms with Crippen molar-refractivity contribution in [1.82, 2.24) is 10.3 Å². The number of carboxylic acids is 1. The van der Waals surface area contributed by atoms with Crippen LogP contribution in [0.25, 0.3) is 22.2 Å². The van der Waals surface area contributed by atoms with Crippen LogP contribution in [0, 0.1) is 0 Å². The van der Waals surface area contributed by atoms with Gasteiger partial charge in [0.15, 0.2) is 0 Å². The smallest absolute Gasteiger partial charge is 0.416 e. The Balaban J connectivity index is 1.74. The summed E-state index contributed by atoms with van der Waals surface area (Å²) in [6.07, 6.45) is -5.10. The Labute approximate surface area is 229 Å². The molecule has 0 radical (unpaired) electrons. The highest BCUT2D eigenvalue weighted by molar-refractivity contribution is 9.10. The molecule has 0 saturated heterocycles. The van der Waals surface area contributed by atoms with Gasteiger partial charge < -0.3 is 10.4 Å². The average Bonchev–Trinajstić information content (AvgIpc) is 2.88. The summed E-state index contributed by atoms with van der Waals surface area (Å²) in [5, 5.41) is 12.4. The van der Waals surface area contributed by atoms with Gasteiger partial charge in [-0.1, -0.05) is 76.1 Å². The van der Waals surface area contributed by atoms with Gasteiger partial charge in [-0.2, -0.15) is 13.2 Å². The van der Waals surface area contributed by atoms with E-state index >= 15 is 0 Å². The van der Waals surface area contributed by atoms with Crippen LogP contribution in [-0.4, -0.2) is 28.5 Å². The van der Waals surface area contributed by atoms with Crippen LogP contribution in [0.3, 0.4) is 0 Å². The maximum Gasteiger partial charge on any atom is 0.416 e. The summed E-state index contributed by atoms with van der Waals surface area (Å²) in [6.45, 7) is -0.228. The van der Waals surface area contributed by atoms with Gasteiger partial charge in [0.1, 0.15) is 0 Å². The summed E-state index contributed by atoms with van der Waals surface area (Å²) in [4.78, 5) is 29.4. The largest absolute Gasteiger partial charge is 0.481 e. The third-order valence-electron chi connectivity index (χ3n) is 6.08. The average molecular weight is 606 g/mol. The summed E-state index contributed by atoms with van der Waals surface area (Å²) in [5.74, 6) is -2.66. The van der Waals surface area contributed by atoms with E-state index in [1.54, 1.807) is 30.3 Å². The number of hydrogen-bond donors (Lipinski definition) is 2. The van der Waals surface area contributed by atoms with E-state index in [-0.39, 0.29) is 35.5 Å². The molecular formula is C28H21BrClF3N2O3. The minimum atomic E-state index is -4.64. The first-order valence-electron chi connectivity index (χ1n) is 11.6. The Morgan fingerprint density at radius 2 is 1.71 bits per heavy atom. The third kappa shape index (κ3) is 6.16. The van der Waals surface area contributed by atoms with Crippen molar-refractivity contribution < 1.29 is 27.9 Å². The number of benzene rings is 3. The Hall–Kier alpha value is -3.43. The quantitative estimate of drug-likeness (QED) is 0.216. The van der Waals surface area contributed by atoms with Crippen molar-refractivity contribution in [2.45, 2.75) is 24.9 Å². The van der Waals surface area contributed by atoms with Crippen LogP contribution in [0.5, 0.6) is 0 Å². The van der Waals surface area contributed by atoms with Crippen LogP contribution >= 0.6 is 27.5 Å². The van der Waals surface area contributed by atoms with Crippen LogP contribution < -0.4 is 5.32 Å². The zero-order valence-electron chi connectivity index (χ0n) is 19.7. The van der Waals surface area contributed by atoms with Gasteiger partial charge in [-0.25, -0.2) is 4.98 Å². The number of carbonyl (C=O) groups excluding carboxylic acids is 1. The van der Waals surface area contributed by atoms with Crippen LogP contribution in [0.15, 0.2) is 77.3 Å². The Morgan fingerprint density at radius 1 is 1.03 bits per heavy atom. The monoisotopic (exact) mass is 604 g/mol. The molecule has 0 spiro atoms. The van der Waals surface area contributed by atoms with E-state index in [0.717, 1.165) is 6.07 Å². The number of nitrogens with one attached hydrogen (secondary N) is 1. The minimum Gasteiger partial charge on any atom is -0.481 e. The van der Waals surface area contributed by atoms with Gasteiger partial charge in [-0.05, 0) is 36.2 Å². The number of carboxylic acid groups (broad SMARTS) is 1. The fourth-order valence-electron chi connectivity index (χ4n) is 4.30. The third-order valence-corrected chi connectivity index (χ3v) is 6.94. The van der Waals surface area contributed by atoms with Gasteiger partial charge in [-0.15, -0.1) is 0 Å². The molecule has 1 amide bonds. The zero-order chi connectivity index (χ0) is 27.4. The normalized spacial score (nSPS) is 12.3. The Kier molecular flexibility index (Phi) is 8.38. The second kappa shape index (κ2) is 11.5. The lowest BCUT2D eigenvalue weighted by Gasteiger charge is -2.22. The molecule has 0 bridgehead atoms. The van der Waals surface area contributed by atoms with Gasteiger partial charge in [0, 0.05) is 34.3 Å². The van der Waals surface area contributed by atoms with Gasteiger partial charge in [0.2, 0.25) is 0 Å². The van der Waals surface area contributed by atoms with Crippen molar-refractivity contribution in [3.05, 3.63) is 99.0 Å². The van der Waals surface area contributed by atoms with Gasteiger partial charge >= 0.3 is 12.1 Å². The number of carbonyl (C=O) groups is 2. The maximum absolute atomic E-state index is 13.7. The minimum absolute atomic E-state index is 0.0834. The first-order valence-corrected chi connectivity index (χ1v) is 12.7. The van der Waals surface area contributed by atoms with E-state index in [1.165, 1.54) is 18.2 Å². The lowest BCUT2D eigenvalue weighted by Crippen LogP contribution is -2.30. The molecule has 2 N–H and O–H groups in total. The van der Waals surface area contributed by atoms with Crippen molar-refractivity contribution in [3.63, 3.8) is 0 Å². The SMILES string of the molecule is O=C(O)CC[C@H](CNC(=O)c1c(Cl)c(-c2ccccc2)nc2ccc(Br)cc12)c1ccccc1C(F)(F)F. The molecule has 0 aliphatic rings. The number of aliphatic carboxylic acids is 1. The van der Waals surface area contributed by atoms with E-state index in [4.69, 9.17) is 11.6 Å². The molecule has 0 aliphatic heterocycles. The highest BCUT2D eigenvalue weighted by Gasteiger charge is 2.35. The second-order valence-corrected chi connectivity index (χ2v) is 9.89. The first kappa shape index (κ1) is 27.6. The molecule has 1 aromatic heterocycles. The molecule has 3 aromatic carbocycles. The summed E-state index contributed by atoms with van der Waals surface area (Å²) >= 11 is 10.1. The van der Waals surface area contributed by atoms with Gasteiger partial charge in [-0.3, -0.25) is 9.59 Å². The van der Waals surface area contributed by atoms with Crippen molar-refractivity contribution in [1.29, 1.82) is 0 Å². The van der Waals surface area contributed by atoms with Crippen molar-refractivity contribution in [3.8, 4) is 11.3 Å². The fourth-order valence-corrected chi connectivity index (χ4v) is 5.00. The lowest BCUT2D eigenvalue weighted by atomic mass is 9.89. The van der Waals surface area contributed by atoms with E-state index in [0.29, 0.717) is 26.6 Å². The predicted molar refractivity (Wildman–Crippen MR) is 143 cm³/mol. The first-order chi connectivity index (χ1) is 18.1. The van der Waals surface area contributed by atoms with Crippen LogP contribution in [0.4, 0.5) is 13.2 Å². The molecule has 0 aliphatic carbocycles. The number of aromatic nitrogens is 1. The highest BCUT2D eigenvalue weighted by Crippen LogP contribution is 2.37. The summed E-state index contributed by atoms with van der Waals surface area (Å²) in [6, 6.07) is 19.2. The predicted octanol–water partition coefficient (Wildman–Crippen LogP) is 7.71. The molecule has 0 fully saturated rings. The molecule has 10 heteroatoms. The number of hydrogen-bond acceptors (Lipinski definition) is 3. The van der Waals surface area contributed by atoms with E-state index < -0.39 is 29.5 Å². The summed E-state index contributed by atoms with van der Waals surface area (Å²) in [5.41, 5.74) is 0.753. The summed E-state index contributed by atoms with van der Waals surface area (Å²) in [7, 11) is 0. The molecule has 38 heavy (non-hydrogen) atoms. The molecule has 5 nitrogen and oxygen atoms in total. The maximum atomic E-state index is 13.7. The molecule has 4 rings (SSSR count). The molecule has 4 aromatic rings. The topological polar surface area (TPSA) is 79.3 Å². The number of pyridine rings is 1. The Morgan fingerprint density at radius 3 is 2.39 bits per heavy atom. The molecule has 1 atom stereocenters. The van der Waals surface area contributed by atoms with E-state index in [2.05, 4.69) is 26.2 Å². The number of rotatable bonds is 8. The van der Waals surface area contributed by atoms with E-state index in [1.807, 2.05) is 18.2 Å². The number of amides is 1. The van der Waals surface area contributed by atoms with Crippen molar-refractivity contribution >= 4 is 50.3 Å². The van der Waals surface area contributed by atoms with Crippen molar-refractivity contribution in [2.24, 2.45) is 0 Å². The van der Waals surface area contributed by atoms with E-state index in [9.17, 15) is 27.9 Å². The number of fused-ring (bicyclic) bond motifs is 1. The zero-order valence-corrected chi connectivity index (χ0v) is 22.1. The van der Waals surface area contributed by atoms with Crippen LogP contribution in [0.1, 0.15) is 40.2 Å². The number of alkyl halides is 3. The standard InChI is InChI=1S/C28H21BrClF3N2O3/c29-18-11-12-22-20(14-18)24(25(30)26(35-22)16-6-2-1-3-7-16)27(38)34-15-17(10-13-23(36)37)19-8-4-5-9-21(19)28(31,32)33/h1-9,11-12,14,17H,10,13,15H2,(H,34,38)(H,36,37)/t17-/m1/s1. The number of nitrogens with zero attached hydrogens (tertiary/aromatic N) is 1. The second-order valence-electron chi connectivity index (χ2n) is 8.60. The molecule has 1 heterocycles. The molecule has 0 saturated carbocycles. The highest BCUT2D eigenvalue weighted by atomic mass is 79.9. The van der Waals surface area contributed by atoms with Gasteiger partial charge in [0.25, 0.3) is 5.91 Å². The number of halogens is 5.